The minimum Gasteiger partial charge on any atom is -0.497 e. The average molecular weight is 282 g/mol. The van der Waals surface area contributed by atoms with Crippen molar-refractivity contribution in [3.05, 3.63) is 59.7 Å². The molecule has 0 saturated carbocycles. The monoisotopic (exact) mass is 282 g/mol. The molecule has 2 aromatic rings. The van der Waals surface area contributed by atoms with Crippen LogP contribution in [0, 0.1) is 0 Å². The van der Waals surface area contributed by atoms with Gasteiger partial charge in [0.1, 0.15) is 11.4 Å². The van der Waals surface area contributed by atoms with Crippen LogP contribution in [0.5, 0.6) is 5.75 Å². The minimum absolute atomic E-state index is 0.0537. The Bertz CT molecular complexity index is 667. The highest BCUT2D eigenvalue weighted by molar-refractivity contribution is 6.02. The normalized spacial score (nSPS) is 20.2. The van der Waals surface area contributed by atoms with Gasteiger partial charge in [-0.3, -0.25) is 4.79 Å². The van der Waals surface area contributed by atoms with Gasteiger partial charge in [-0.25, -0.2) is 0 Å². The molecule has 0 radical (unpaired) electrons. The van der Waals surface area contributed by atoms with E-state index in [1.165, 1.54) is 0 Å². The first kappa shape index (κ1) is 13.5. The zero-order valence-corrected chi connectivity index (χ0v) is 12.1. The summed E-state index contributed by atoms with van der Waals surface area (Å²) in [6.45, 7) is 2.05. The summed E-state index contributed by atoms with van der Waals surface area (Å²) in [5, 5.41) is 6.57. The summed E-state index contributed by atoms with van der Waals surface area (Å²) in [5.41, 5.74) is 1.96. The number of amides is 1. The summed E-state index contributed by atoms with van der Waals surface area (Å²) in [6, 6.07) is 15.3. The molecule has 0 fully saturated rings. The van der Waals surface area contributed by atoms with Crippen LogP contribution in [0.15, 0.2) is 48.5 Å². The van der Waals surface area contributed by atoms with E-state index in [-0.39, 0.29) is 5.91 Å². The molecule has 2 aromatic carbocycles. The van der Waals surface area contributed by atoms with Crippen molar-refractivity contribution in [2.24, 2.45) is 0 Å². The zero-order chi connectivity index (χ0) is 14.9. The summed E-state index contributed by atoms with van der Waals surface area (Å²) in [4.78, 5) is 12.4. The Morgan fingerprint density at radius 1 is 1.05 bits per heavy atom. The largest absolute Gasteiger partial charge is 0.497 e. The van der Waals surface area contributed by atoms with Crippen molar-refractivity contribution in [2.45, 2.75) is 19.0 Å². The smallest absolute Gasteiger partial charge is 0.255 e. The lowest BCUT2D eigenvalue weighted by Gasteiger charge is -2.40. The number of carbonyl (C=O) groups is 1. The van der Waals surface area contributed by atoms with Crippen molar-refractivity contribution in [1.82, 2.24) is 5.32 Å². The fraction of sp³-hybridized carbons (Fsp3) is 0.235. The molecule has 0 spiro atoms. The number of para-hydroxylation sites is 1. The average Bonchev–Trinajstić information content (AvgIpc) is 2.55. The summed E-state index contributed by atoms with van der Waals surface area (Å²) in [6.07, 6.45) is 0.736. The van der Waals surface area contributed by atoms with E-state index in [2.05, 4.69) is 10.6 Å². The molecule has 0 saturated heterocycles. The van der Waals surface area contributed by atoms with Gasteiger partial charge >= 0.3 is 0 Å². The van der Waals surface area contributed by atoms with Crippen molar-refractivity contribution >= 4 is 11.6 Å². The maximum Gasteiger partial charge on any atom is 0.255 e. The van der Waals surface area contributed by atoms with Gasteiger partial charge in [-0.15, -0.1) is 0 Å². The molecule has 0 bridgehead atoms. The van der Waals surface area contributed by atoms with Crippen LogP contribution < -0.4 is 15.4 Å². The highest BCUT2D eigenvalue weighted by Crippen LogP contribution is 2.34. The first-order valence-corrected chi connectivity index (χ1v) is 7.03. The van der Waals surface area contributed by atoms with Crippen molar-refractivity contribution in [3.8, 4) is 5.75 Å². The number of fused-ring (bicyclic) bond motifs is 1. The number of methoxy groups -OCH3 is 1. The van der Waals surface area contributed by atoms with E-state index in [1.54, 1.807) is 7.11 Å². The van der Waals surface area contributed by atoms with Crippen LogP contribution in [0.2, 0.25) is 0 Å². The molecule has 1 aliphatic heterocycles. The van der Waals surface area contributed by atoms with Crippen molar-refractivity contribution in [1.29, 1.82) is 0 Å². The molecular weight excluding hydrogens is 264 g/mol. The molecule has 21 heavy (non-hydrogen) atoms. The van der Waals surface area contributed by atoms with E-state index in [0.717, 1.165) is 23.4 Å². The van der Waals surface area contributed by atoms with Gasteiger partial charge in [-0.05, 0) is 36.2 Å². The first-order valence-electron chi connectivity index (χ1n) is 7.03. The van der Waals surface area contributed by atoms with Gasteiger partial charge in [0.05, 0.1) is 12.7 Å². The number of hydrogen-bond donors (Lipinski definition) is 2. The maximum atomic E-state index is 12.4. The molecule has 1 aliphatic rings. The van der Waals surface area contributed by atoms with Crippen molar-refractivity contribution in [2.75, 3.05) is 12.4 Å². The molecule has 108 valence electrons. The second kappa shape index (κ2) is 5.13. The van der Waals surface area contributed by atoms with Crippen LogP contribution in [0.25, 0.3) is 0 Å². The van der Waals surface area contributed by atoms with Gasteiger partial charge in [-0.1, -0.05) is 31.2 Å². The molecular formula is C17H18N2O2. The number of hydrogen-bond acceptors (Lipinski definition) is 3. The molecule has 0 aromatic heterocycles. The number of carbonyl (C=O) groups excluding carboxylic acids is 1. The second-order valence-electron chi connectivity index (χ2n) is 5.11. The molecule has 3 rings (SSSR count). The lowest BCUT2D eigenvalue weighted by molar-refractivity contribution is 0.0896. The Balaban J connectivity index is 2.03. The Hall–Kier alpha value is -2.49. The van der Waals surface area contributed by atoms with Crippen LogP contribution in [-0.4, -0.2) is 13.0 Å². The fourth-order valence-electron chi connectivity index (χ4n) is 2.71. The Morgan fingerprint density at radius 3 is 2.43 bits per heavy atom. The van der Waals surface area contributed by atoms with E-state index in [4.69, 9.17) is 4.74 Å². The van der Waals surface area contributed by atoms with Gasteiger partial charge in [0.2, 0.25) is 0 Å². The van der Waals surface area contributed by atoms with Gasteiger partial charge in [0.15, 0.2) is 0 Å². The molecule has 4 nitrogen and oxygen atoms in total. The topological polar surface area (TPSA) is 50.4 Å². The van der Waals surface area contributed by atoms with Crippen LogP contribution in [0.1, 0.15) is 29.3 Å². The molecule has 1 atom stereocenters. The van der Waals surface area contributed by atoms with Crippen LogP contribution in [-0.2, 0) is 5.66 Å². The Morgan fingerprint density at radius 2 is 1.76 bits per heavy atom. The van der Waals surface area contributed by atoms with Crippen LogP contribution >= 0.6 is 0 Å². The molecule has 0 aliphatic carbocycles. The standard InChI is InChI=1S/C17H18N2O2/c1-3-17(12-8-10-13(21-2)11-9-12)18-15-7-5-4-6-14(15)16(20)19-17/h4-11,18H,3H2,1-2H3,(H,19,20). The SMILES string of the molecule is CCC1(c2ccc(OC)cc2)NC(=O)c2ccccc2N1. The molecule has 1 amide bonds. The van der Waals surface area contributed by atoms with Crippen molar-refractivity contribution in [3.63, 3.8) is 0 Å². The summed E-state index contributed by atoms with van der Waals surface area (Å²) >= 11 is 0. The number of ether oxygens (including phenoxy) is 1. The Labute approximate surface area is 124 Å². The van der Waals surface area contributed by atoms with Gasteiger partial charge in [0.25, 0.3) is 5.91 Å². The predicted octanol–water partition coefficient (Wildman–Crippen LogP) is 3.11. The van der Waals surface area contributed by atoms with Gasteiger partial charge in [0, 0.05) is 5.69 Å². The molecule has 1 heterocycles. The first-order chi connectivity index (χ1) is 10.2. The third kappa shape index (κ3) is 2.23. The summed E-state index contributed by atoms with van der Waals surface area (Å²) in [7, 11) is 1.64. The number of nitrogens with one attached hydrogen (secondary N) is 2. The minimum atomic E-state index is -0.586. The number of rotatable bonds is 3. The van der Waals surface area contributed by atoms with Crippen LogP contribution in [0.3, 0.4) is 0 Å². The summed E-state index contributed by atoms with van der Waals surface area (Å²) < 4.78 is 5.19. The van der Waals surface area contributed by atoms with Crippen LogP contribution in [0.4, 0.5) is 5.69 Å². The van der Waals surface area contributed by atoms with E-state index in [1.807, 2.05) is 55.5 Å². The third-order valence-electron chi connectivity index (χ3n) is 3.96. The number of anilines is 1. The van der Waals surface area contributed by atoms with Gasteiger partial charge < -0.3 is 15.4 Å². The zero-order valence-electron chi connectivity index (χ0n) is 12.1. The quantitative estimate of drug-likeness (QED) is 0.909. The fourth-order valence-corrected chi connectivity index (χ4v) is 2.71. The highest BCUT2D eigenvalue weighted by Gasteiger charge is 2.37. The molecule has 4 heteroatoms. The Kier molecular flexibility index (Phi) is 3.29. The van der Waals surface area contributed by atoms with E-state index in [0.29, 0.717) is 5.56 Å². The molecule has 2 N–H and O–H groups in total. The van der Waals surface area contributed by atoms with E-state index < -0.39 is 5.66 Å². The molecule has 1 unspecified atom stereocenters. The van der Waals surface area contributed by atoms with E-state index >= 15 is 0 Å². The van der Waals surface area contributed by atoms with Gasteiger partial charge in [-0.2, -0.15) is 0 Å². The van der Waals surface area contributed by atoms with Crippen molar-refractivity contribution < 1.29 is 9.53 Å². The lowest BCUT2D eigenvalue weighted by Crippen LogP contribution is -2.54. The summed E-state index contributed by atoms with van der Waals surface area (Å²) in [5.74, 6) is 0.745. The predicted molar refractivity (Wildman–Crippen MR) is 82.5 cm³/mol. The maximum absolute atomic E-state index is 12.4. The third-order valence-corrected chi connectivity index (χ3v) is 3.96. The second-order valence-corrected chi connectivity index (χ2v) is 5.11. The van der Waals surface area contributed by atoms with E-state index in [9.17, 15) is 4.79 Å². The number of benzene rings is 2. The highest BCUT2D eigenvalue weighted by atomic mass is 16.5. The lowest BCUT2D eigenvalue weighted by atomic mass is 9.92.